The van der Waals surface area contributed by atoms with Crippen LogP contribution in [0.15, 0.2) is 20.5 Å². The number of benzene rings is 6. The summed E-state index contributed by atoms with van der Waals surface area (Å²) >= 11 is 0. The number of hydrogen-bond acceptors (Lipinski definition) is 4. The number of nitrogens with zero attached hydrogens (tertiary/aromatic N) is 4. The number of fused-ring (bicyclic) bond motifs is 2. The van der Waals surface area contributed by atoms with Gasteiger partial charge in [0.1, 0.15) is 0 Å². The second kappa shape index (κ2) is 16.8. The topological polar surface area (TPSA) is 49.4 Å². The highest BCUT2D eigenvalue weighted by Gasteiger charge is 2.21. The van der Waals surface area contributed by atoms with Gasteiger partial charge < -0.3 is 0 Å². The minimum Gasteiger partial charge on any atom is -0.150 e. The van der Waals surface area contributed by atoms with E-state index in [0.717, 1.165) is 22.7 Å². The molecule has 0 bridgehead atoms. The van der Waals surface area contributed by atoms with Crippen molar-refractivity contribution in [2.24, 2.45) is 20.5 Å². The van der Waals surface area contributed by atoms with E-state index in [1.165, 1.54) is 155 Å². The first-order valence-corrected chi connectivity index (χ1v) is 21.8. The van der Waals surface area contributed by atoms with Crippen LogP contribution in [0.4, 0.5) is 22.7 Å². The second-order valence-corrected chi connectivity index (χ2v) is 18.3. The van der Waals surface area contributed by atoms with Crippen molar-refractivity contribution in [3.8, 4) is 0 Å². The summed E-state index contributed by atoms with van der Waals surface area (Å²) in [6.45, 7) is 53.0. The molecular weight excluding hydrogens is 729 g/mol. The van der Waals surface area contributed by atoms with Gasteiger partial charge in [-0.05, 0) is 316 Å². The Bertz CT molecular complexity index is 2790. The molecule has 0 fully saturated rings. The average molecular weight is 801 g/mol. The molecule has 0 radical (unpaired) electrons. The third kappa shape index (κ3) is 7.22. The molecule has 0 unspecified atom stereocenters. The zero-order chi connectivity index (χ0) is 45.3. The first-order chi connectivity index (χ1) is 27.8. The second-order valence-electron chi connectivity index (χ2n) is 18.3. The molecule has 6 aromatic carbocycles. The van der Waals surface area contributed by atoms with Crippen molar-refractivity contribution in [2.45, 2.75) is 166 Å². The lowest BCUT2D eigenvalue weighted by atomic mass is 9.85. The first-order valence-electron chi connectivity index (χ1n) is 21.8. The highest BCUT2D eigenvalue weighted by Crippen LogP contribution is 2.44. The van der Waals surface area contributed by atoms with Crippen molar-refractivity contribution in [3.05, 3.63) is 134 Å². The van der Waals surface area contributed by atoms with Crippen LogP contribution in [0.3, 0.4) is 0 Å². The molecule has 0 saturated carbocycles. The average Bonchev–Trinajstić information content (AvgIpc) is 3.22. The fraction of sp³-hybridized carbons (Fsp3) is 0.429. The smallest absolute Gasteiger partial charge is 0.0970 e. The molecule has 4 heteroatoms. The Kier molecular flexibility index (Phi) is 12.9. The van der Waals surface area contributed by atoms with Crippen LogP contribution in [0.1, 0.15) is 134 Å². The van der Waals surface area contributed by atoms with Crippen LogP contribution < -0.4 is 0 Å². The van der Waals surface area contributed by atoms with Gasteiger partial charge in [-0.1, -0.05) is 0 Å². The third-order valence-corrected chi connectivity index (χ3v) is 15.9. The van der Waals surface area contributed by atoms with Crippen molar-refractivity contribution in [2.75, 3.05) is 0 Å². The van der Waals surface area contributed by atoms with Crippen LogP contribution in [0, 0.1) is 166 Å². The summed E-state index contributed by atoms with van der Waals surface area (Å²) in [6, 6.07) is 0. The number of hydrogen-bond donors (Lipinski definition) is 0. The lowest BCUT2D eigenvalue weighted by Crippen LogP contribution is -2.00. The zero-order valence-corrected chi connectivity index (χ0v) is 41.8. The number of rotatable bonds is 4. The summed E-state index contributed by atoms with van der Waals surface area (Å²) in [6.07, 6.45) is 0. The van der Waals surface area contributed by atoms with Crippen molar-refractivity contribution >= 4 is 44.3 Å². The molecule has 0 spiro atoms. The predicted octanol–water partition coefficient (Wildman–Crippen LogP) is 17.9. The van der Waals surface area contributed by atoms with Crippen molar-refractivity contribution in [3.63, 3.8) is 0 Å². The molecule has 0 aliphatic carbocycles. The van der Waals surface area contributed by atoms with Crippen LogP contribution in [0.5, 0.6) is 0 Å². The predicted molar refractivity (Wildman–Crippen MR) is 263 cm³/mol. The molecule has 6 aromatic rings. The number of azo groups is 2. The van der Waals surface area contributed by atoms with Crippen LogP contribution in [-0.2, 0) is 0 Å². The molecule has 316 valence electrons. The normalized spacial score (nSPS) is 11.9. The molecule has 0 aromatic heterocycles. The van der Waals surface area contributed by atoms with Crippen LogP contribution in [0.2, 0.25) is 0 Å². The van der Waals surface area contributed by atoms with Crippen LogP contribution in [0.25, 0.3) is 21.5 Å². The van der Waals surface area contributed by atoms with E-state index in [1.807, 2.05) is 0 Å². The third-order valence-electron chi connectivity index (χ3n) is 15.9. The molecule has 0 saturated heterocycles. The molecule has 0 aliphatic heterocycles. The van der Waals surface area contributed by atoms with Gasteiger partial charge in [-0.25, -0.2) is 0 Å². The summed E-state index contributed by atoms with van der Waals surface area (Å²) in [5.74, 6) is 0. The van der Waals surface area contributed by atoms with E-state index in [1.54, 1.807) is 0 Å². The molecule has 60 heavy (non-hydrogen) atoms. The minimum atomic E-state index is 1.01. The molecule has 0 aliphatic rings. The molecule has 0 N–H and O–H groups in total. The Morgan fingerprint density at radius 1 is 0.133 bits per heavy atom. The molecular formula is C56H72N4. The lowest BCUT2D eigenvalue weighted by molar-refractivity contribution is 1.11. The lowest BCUT2D eigenvalue weighted by Gasteiger charge is -2.21. The number of aryl methyl sites for hydroxylation is 7. The van der Waals surface area contributed by atoms with Crippen molar-refractivity contribution in [1.82, 2.24) is 0 Å². The Labute approximate surface area is 363 Å². The highest BCUT2D eigenvalue weighted by atomic mass is 15.1. The largest absolute Gasteiger partial charge is 0.150 e. The van der Waals surface area contributed by atoms with E-state index in [-0.39, 0.29) is 0 Å². The molecule has 6 rings (SSSR count). The fourth-order valence-electron chi connectivity index (χ4n) is 9.66. The van der Waals surface area contributed by atoms with E-state index in [9.17, 15) is 0 Å². The Morgan fingerprint density at radius 2 is 0.283 bits per heavy atom. The van der Waals surface area contributed by atoms with Crippen LogP contribution in [-0.4, -0.2) is 0 Å². The van der Waals surface area contributed by atoms with E-state index < -0.39 is 0 Å². The maximum atomic E-state index is 4.94. The quantitative estimate of drug-likeness (QED) is 0.160. The van der Waals surface area contributed by atoms with Gasteiger partial charge in [-0.2, -0.15) is 0 Å². The maximum Gasteiger partial charge on any atom is 0.0970 e. The van der Waals surface area contributed by atoms with Gasteiger partial charge in [0.05, 0.1) is 22.7 Å². The van der Waals surface area contributed by atoms with Gasteiger partial charge in [-0.3, -0.25) is 0 Å². The van der Waals surface area contributed by atoms with E-state index in [2.05, 4.69) is 166 Å². The SMILES string of the molecule is Cc1c(C)c(C)c(N=Nc2c(C)c(C)c(C)c3c(C)c(C)c(C)c(C)c23)c(C)c1C.Cc1c(C)c(C)c(N=Nc2c(C)c(C)c3c(C)c(C)c(C)c(C)c3c2C)c(C)c1C. The fourth-order valence-corrected chi connectivity index (χ4v) is 9.66. The zero-order valence-electron chi connectivity index (χ0n) is 41.8. The van der Waals surface area contributed by atoms with Gasteiger partial charge in [0.15, 0.2) is 0 Å². The minimum absolute atomic E-state index is 1.01. The summed E-state index contributed by atoms with van der Waals surface area (Å²) < 4.78 is 0. The molecule has 4 nitrogen and oxygen atoms in total. The Balaban J connectivity index is 0.000000228. The van der Waals surface area contributed by atoms with E-state index in [4.69, 9.17) is 20.5 Å². The van der Waals surface area contributed by atoms with Crippen molar-refractivity contribution in [1.29, 1.82) is 0 Å². The summed E-state index contributed by atoms with van der Waals surface area (Å²) in [5, 5.41) is 24.8. The summed E-state index contributed by atoms with van der Waals surface area (Å²) in [4.78, 5) is 0. The van der Waals surface area contributed by atoms with Gasteiger partial charge in [0, 0.05) is 5.39 Å². The van der Waals surface area contributed by atoms with Gasteiger partial charge in [-0.15, -0.1) is 20.5 Å². The summed E-state index contributed by atoms with van der Waals surface area (Å²) in [7, 11) is 0. The highest BCUT2D eigenvalue weighted by molar-refractivity contribution is 6.03. The van der Waals surface area contributed by atoms with E-state index >= 15 is 0 Å². The first kappa shape index (κ1) is 46.1. The molecule has 0 heterocycles. The van der Waals surface area contributed by atoms with E-state index in [0.29, 0.717) is 0 Å². The Morgan fingerprint density at radius 3 is 0.617 bits per heavy atom. The monoisotopic (exact) mass is 801 g/mol. The van der Waals surface area contributed by atoms with Gasteiger partial charge in [0.2, 0.25) is 0 Å². The molecule has 0 amide bonds. The standard InChI is InChI=1S/2C28H36N2/c1-13-16(4)22(10)27(23(11)17(13)5)29-30-28-24(12)18(6)20(8)25-19(7)14(2)15(3)21(9)26(25)28;1-13-16(4)21(9)27(22(10)17(13)5)29-30-28-23(11)20(8)25-18(6)14(2)15(3)19(7)26(25)24(28)12/h2*1-12H3. The summed E-state index contributed by atoms with van der Waals surface area (Å²) in [5.41, 5.74) is 35.5. The maximum absolute atomic E-state index is 4.94. The van der Waals surface area contributed by atoms with Crippen molar-refractivity contribution < 1.29 is 0 Å². The van der Waals surface area contributed by atoms with Gasteiger partial charge in [0.25, 0.3) is 0 Å². The Hall–Kier alpha value is -4.96. The van der Waals surface area contributed by atoms with Crippen LogP contribution >= 0.6 is 0 Å². The van der Waals surface area contributed by atoms with Gasteiger partial charge >= 0.3 is 0 Å². The molecule has 0 atom stereocenters.